The monoisotopic (exact) mass is 251 g/mol. The van der Waals surface area contributed by atoms with E-state index in [2.05, 4.69) is 37.3 Å². The molecule has 0 radical (unpaired) electrons. The molecular weight excluding hydrogens is 242 g/mol. The zero-order valence-corrected chi connectivity index (χ0v) is 9.19. The van der Waals surface area contributed by atoms with Crippen molar-refractivity contribution in [2.24, 2.45) is 0 Å². The van der Waals surface area contributed by atoms with Gasteiger partial charge in [-0.2, -0.15) is 0 Å². The lowest BCUT2D eigenvalue weighted by Crippen LogP contribution is -2.22. The van der Waals surface area contributed by atoms with Crippen LogP contribution < -0.4 is 5.32 Å². The van der Waals surface area contributed by atoms with E-state index in [9.17, 15) is 0 Å². The molecule has 2 aromatic heterocycles. The highest BCUT2D eigenvalue weighted by molar-refractivity contribution is 9.10. The maximum Gasteiger partial charge on any atom is 0.137 e. The lowest BCUT2D eigenvalue weighted by Gasteiger charge is -2.12. The van der Waals surface area contributed by atoms with Crippen LogP contribution in [-0.2, 0) is 13.0 Å². The van der Waals surface area contributed by atoms with Crippen molar-refractivity contribution >= 4 is 27.0 Å². The number of H-pyrrole nitrogens is 1. The van der Waals surface area contributed by atoms with E-state index in [0.29, 0.717) is 0 Å². The predicted octanol–water partition coefficient (Wildman–Crippen LogP) is 1.97. The highest BCUT2D eigenvalue weighted by Gasteiger charge is 2.15. The summed E-state index contributed by atoms with van der Waals surface area (Å²) in [4.78, 5) is 7.73. The van der Waals surface area contributed by atoms with Crippen LogP contribution in [0.15, 0.2) is 16.7 Å². The van der Waals surface area contributed by atoms with Crippen LogP contribution in [0.4, 0.5) is 0 Å². The normalized spacial score (nSPS) is 15.8. The van der Waals surface area contributed by atoms with E-state index in [1.165, 1.54) is 16.6 Å². The minimum atomic E-state index is 0.952. The van der Waals surface area contributed by atoms with Gasteiger partial charge < -0.3 is 10.3 Å². The summed E-state index contributed by atoms with van der Waals surface area (Å²) in [5, 5.41) is 4.61. The first-order valence-electron chi connectivity index (χ1n) is 4.70. The minimum absolute atomic E-state index is 0.952. The Morgan fingerprint density at radius 2 is 2.36 bits per heavy atom. The number of hydrogen-bond donors (Lipinski definition) is 2. The lowest BCUT2D eigenvalue weighted by molar-refractivity contribution is 0.640. The van der Waals surface area contributed by atoms with Crippen molar-refractivity contribution in [3.05, 3.63) is 28.0 Å². The van der Waals surface area contributed by atoms with Crippen LogP contribution in [0.25, 0.3) is 11.0 Å². The molecule has 1 aliphatic heterocycles. The van der Waals surface area contributed by atoms with Gasteiger partial charge in [0.25, 0.3) is 0 Å². The average molecular weight is 252 g/mol. The molecule has 2 aromatic rings. The Labute approximate surface area is 90.0 Å². The highest BCUT2D eigenvalue weighted by Crippen LogP contribution is 2.25. The van der Waals surface area contributed by atoms with Gasteiger partial charge in [-0.05, 0) is 27.6 Å². The molecule has 0 bridgehead atoms. The summed E-state index contributed by atoms with van der Waals surface area (Å²) in [6.07, 6.45) is 2.90. The van der Waals surface area contributed by atoms with Crippen molar-refractivity contribution < 1.29 is 0 Å². The number of aromatic nitrogens is 2. The Hall–Kier alpha value is -0.870. The van der Waals surface area contributed by atoms with E-state index in [1.54, 1.807) is 0 Å². The predicted molar refractivity (Wildman–Crippen MR) is 59.2 cm³/mol. The number of nitrogens with one attached hydrogen (secondary N) is 2. The van der Waals surface area contributed by atoms with Crippen molar-refractivity contribution in [3.8, 4) is 0 Å². The van der Waals surface area contributed by atoms with Crippen molar-refractivity contribution in [2.75, 3.05) is 6.54 Å². The van der Waals surface area contributed by atoms with Gasteiger partial charge in [-0.15, -0.1) is 0 Å². The molecule has 1 aliphatic rings. The van der Waals surface area contributed by atoms with E-state index >= 15 is 0 Å². The second-order valence-electron chi connectivity index (χ2n) is 3.56. The summed E-state index contributed by atoms with van der Waals surface area (Å²) in [6.45, 7) is 2.01. The summed E-state index contributed by atoms with van der Waals surface area (Å²) in [7, 11) is 0. The third kappa shape index (κ3) is 1.18. The molecule has 14 heavy (non-hydrogen) atoms. The van der Waals surface area contributed by atoms with Crippen LogP contribution in [-0.4, -0.2) is 16.5 Å². The Morgan fingerprint density at radius 3 is 3.29 bits per heavy atom. The van der Waals surface area contributed by atoms with Crippen LogP contribution in [0.3, 0.4) is 0 Å². The standard InChI is InChI=1S/C10H10BrN3/c11-6-3-7-8-5-12-2-1-9(8)14-10(7)13-4-6/h3-4,12H,1-2,5H2,(H,13,14). The maximum atomic E-state index is 4.36. The number of halogens is 1. The molecule has 0 aromatic carbocycles. The molecule has 3 nitrogen and oxygen atoms in total. The molecule has 0 saturated heterocycles. The Morgan fingerprint density at radius 1 is 1.43 bits per heavy atom. The Bertz CT molecular complexity index is 489. The molecule has 0 fully saturated rings. The number of rotatable bonds is 0. The summed E-state index contributed by atoms with van der Waals surface area (Å²) in [6, 6.07) is 2.13. The fraction of sp³-hybridized carbons (Fsp3) is 0.300. The summed E-state index contributed by atoms with van der Waals surface area (Å²) in [5.41, 5.74) is 3.71. The molecule has 2 N–H and O–H groups in total. The first-order valence-corrected chi connectivity index (χ1v) is 5.49. The van der Waals surface area contributed by atoms with Gasteiger partial charge in [0.05, 0.1) is 0 Å². The zero-order chi connectivity index (χ0) is 9.54. The molecule has 0 amide bonds. The van der Waals surface area contributed by atoms with Crippen LogP contribution in [0, 0.1) is 0 Å². The molecule has 0 saturated carbocycles. The number of pyridine rings is 1. The van der Waals surface area contributed by atoms with E-state index < -0.39 is 0 Å². The van der Waals surface area contributed by atoms with Crippen LogP contribution in [0.5, 0.6) is 0 Å². The van der Waals surface area contributed by atoms with Gasteiger partial charge in [-0.3, -0.25) is 0 Å². The third-order valence-corrected chi connectivity index (χ3v) is 3.10. The van der Waals surface area contributed by atoms with Gasteiger partial charge in [0.15, 0.2) is 0 Å². The molecule has 0 unspecified atom stereocenters. The Balaban J connectivity index is 2.32. The van der Waals surface area contributed by atoms with Crippen molar-refractivity contribution in [1.29, 1.82) is 0 Å². The van der Waals surface area contributed by atoms with Gasteiger partial charge >= 0.3 is 0 Å². The van der Waals surface area contributed by atoms with E-state index in [-0.39, 0.29) is 0 Å². The zero-order valence-electron chi connectivity index (χ0n) is 7.60. The molecule has 4 heteroatoms. The molecule has 72 valence electrons. The number of hydrogen-bond acceptors (Lipinski definition) is 2. The molecule has 3 heterocycles. The highest BCUT2D eigenvalue weighted by atomic mass is 79.9. The molecule has 0 spiro atoms. The van der Waals surface area contributed by atoms with Crippen molar-refractivity contribution in [3.63, 3.8) is 0 Å². The number of fused-ring (bicyclic) bond motifs is 3. The molecule has 0 atom stereocenters. The topological polar surface area (TPSA) is 40.7 Å². The largest absolute Gasteiger partial charge is 0.343 e. The number of nitrogens with zero attached hydrogens (tertiary/aromatic N) is 1. The number of aromatic amines is 1. The Kier molecular flexibility index (Phi) is 1.85. The van der Waals surface area contributed by atoms with E-state index in [4.69, 9.17) is 0 Å². The second-order valence-corrected chi connectivity index (χ2v) is 4.47. The molecule has 0 aliphatic carbocycles. The fourth-order valence-corrected chi connectivity index (χ4v) is 2.32. The van der Waals surface area contributed by atoms with E-state index in [0.717, 1.165) is 29.6 Å². The van der Waals surface area contributed by atoms with E-state index in [1.807, 2.05) is 6.20 Å². The van der Waals surface area contributed by atoms with Crippen LogP contribution in [0.2, 0.25) is 0 Å². The van der Waals surface area contributed by atoms with Crippen LogP contribution >= 0.6 is 15.9 Å². The fourth-order valence-electron chi connectivity index (χ4n) is 1.99. The van der Waals surface area contributed by atoms with Crippen molar-refractivity contribution in [2.45, 2.75) is 13.0 Å². The van der Waals surface area contributed by atoms with Gasteiger partial charge in [-0.1, -0.05) is 0 Å². The van der Waals surface area contributed by atoms with Gasteiger partial charge in [0.1, 0.15) is 5.65 Å². The molecule has 3 rings (SSSR count). The quantitative estimate of drug-likeness (QED) is 0.752. The lowest BCUT2D eigenvalue weighted by atomic mass is 10.1. The summed E-state index contributed by atoms with van der Waals surface area (Å²) >= 11 is 3.45. The van der Waals surface area contributed by atoms with Gasteiger partial charge in [0, 0.05) is 41.3 Å². The maximum absolute atomic E-state index is 4.36. The molecular formula is C10H10BrN3. The third-order valence-electron chi connectivity index (χ3n) is 2.67. The first kappa shape index (κ1) is 8.44. The second kappa shape index (κ2) is 3.07. The van der Waals surface area contributed by atoms with Gasteiger partial charge in [0.2, 0.25) is 0 Å². The van der Waals surface area contributed by atoms with Crippen LogP contribution in [0.1, 0.15) is 11.3 Å². The average Bonchev–Trinajstić information content (AvgIpc) is 2.56. The minimum Gasteiger partial charge on any atom is -0.343 e. The smallest absolute Gasteiger partial charge is 0.137 e. The van der Waals surface area contributed by atoms with Crippen molar-refractivity contribution in [1.82, 2.24) is 15.3 Å². The summed E-state index contributed by atoms with van der Waals surface area (Å²) < 4.78 is 1.04. The van der Waals surface area contributed by atoms with Gasteiger partial charge in [-0.25, -0.2) is 4.98 Å². The summed E-state index contributed by atoms with van der Waals surface area (Å²) in [5.74, 6) is 0. The first-order chi connectivity index (χ1) is 6.84. The SMILES string of the molecule is Brc1cnc2[nH]c3c(c2c1)CNCC3.